The number of hydrogen-bond acceptors (Lipinski definition) is 4. The molecule has 3 rings (SSSR count). The Morgan fingerprint density at radius 3 is 2.91 bits per heavy atom. The van der Waals surface area contributed by atoms with Gasteiger partial charge in [0.2, 0.25) is 11.8 Å². The van der Waals surface area contributed by atoms with Crippen LogP contribution < -0.4 is 15.4 Å². The highest BCUT2D eigenvalue weighted by Gasteiger charge is 2.21. The van der Waals surface area contributed by atoms with Gasteiger partial charge in [0.1, 0.15) is 5.75 Å². The minimum Gasteiger partial charge on any atom is -0.484 e. The van der Waals surface area contributed by atoms with Crippen LogP contribution in [-0.4, -0.2) is 48.9 Å². The van der Waals surface area contributed by atoms with Crippen LogP contribution in [0.4, 0.5) is 5.69 Å². The van der Waals surface area contributed by atoms with Gasteiger partial charge in [-0.3, -0.25) is 14.4 Å². The molecule has 0 atom stereocenters. The molecule has 1 aromatic rings. The molecule has 0 saturated carbocycles. The number of amides is 3. The number of fused-ring (bicyclic) bond motifs is 1. The van der Waals surface area contributed by atoms with Gasteiger partial charge in [-0.1, -0.05) is 0 Å². The normalized spacial score (nSPS) is 17.4. The zero-order chi connectivity index (χ0) is 15.5. The summed E-state index contributed by atoms with van der Waals surface area (Å²) < 4.78 is 5.51. The average molecular weight is 303 g/mol. The van der Waals surface area contributed by atoms with E-state index in [0.29, 0.717) is 31.7 Å². The fourth-order valence-electron chi connectivity index (χ4n) is 2.54. The summed E-state index contributed by atoms with van der Waals surface area (Å²) >= 11 is 0. The summed E-state index contributed by atoms with van der Waals surface area (Å²) in [6, 6.07) is 5.34. The largest absolute Gasteiger partial charge is 0.484 e. The van der Waals surface area contributed by atoms with E-state index in [1.807, 2.05) is 6.07 Å². The lowest BCUT2D eigenvalue weighted by atomic mass is 10.0. The number of ether oxygens (including phenoxy) is 1. The Morgan fingerprint density at radius 2 is 2.09 bits per heavy atom. The minimum absolute atomic E-state index is 0.0136. The monoisotopic (exact) mass is 303 g/mol. The fraction of sp³-hybridized carbons (Fsp3) is 0.400. The molecule has 0 bridgehead atoms. The maximum atomic E-state index is 12.0. The zero-order valence-corrected chi connectivity index (χ0v) is 12.1. The first-order chi connectivity index (χ1) is 10.6. The van der Waals surface area contributed by atoms with E-state index in [4.69, 9.17) is 4.74 Å². The predicted octanol–water partition coefficient (Wildman–Crippen LogP) is -0.0915. The molecule has 0 unspecified atom stereocenters. The lowest BCUT2D eigenvalue weighted by Crippen LogP contribution is -2.51. The highest BCUT2D eigenvalue weighted by atomic mass is 16.5. The van der Waals surface area contributed by atoms with Crippen molar-refractivity contribution in [1.29, 1.82) is 0 Å². The van der Waals surface area contributed by atoms with Crippen LogP contribution in [0.2, 0.25) is 0 Å². The Kier molecular flexibility index (Phi) is 3.95. The van der Waals surface area contributed by atoms with Crippen LogP contribution in [0.5, 0.6) is 5.75 Å². The maximum Gasteiger partial charge on any atom is 0.261 e. The van der Waals surface area contributed by atoms with E-state index in [-0.39, 0.29) is 30.9 Å². The van der Waals surface area contributed by atoms with Gasteiger partial charge in [0.25, 0.3) is 5.91 Å². The Morgan fingerprint density at radius 1 is 1.23 bits per heavy atom. The smallest absolute Gasteiger partial charge is 0.261 e. The molecule has 116 valence electrons. The first-order valence-corrected chi connectivity index (χ1v) is 7.22. The summed E-state index contributed by atoms with van der Waals surface area (Å²) in [4.78, 5) is 36.1. The van der Waals surface area contributed by atoms with E-state index in [0.717, 1.165) is 11.3 Å². The van der Waals surface area contributed by atoms with E-state index < -0.39 is 0 Å². The van der Waals surface area contributed by atoms with Gasteiger partial charge in [-0.05, 0) is 30.2 Å². The van der Waals surface area contributed by atoms with E-state index in [1.165, 1.54) is 4.90 Å². The van der Waals surface area contributed by atoms with Gasteiger partial charge < -0.3 is 20.3 Å². The summed E-state index contributed by atoms with van der Waals surface area (Å²) in [6.07, 6.45) is 1.12. The molecule has 0 aliphatic carbocycles. The van der Waals surface area contributed by atoms with Crippen molar-refractivity contribution in [2.24, 2.45) is 0 Å². The first kappa shape index (κ1) is 14.4. The minimum atomic E-state index is -0.208. The number of piperazine rings is 1. The van der Waals surface area contributed by atoms with Gasteiger partial charge in [0.15, 0.2) is 6.61 Å². The van der Waals surface area contributed by atoms with Crippen molar-refractivity contribution in [3.8, 4) is 5.75 Å². The van der Waals surface area contributed by atoms with E-state index >= 15 is 0 Å². The second-order valence-corrected chi connectivity index (χ2v) is 5.32. The summed E-state index contributed by atoms with van der Waals surface area (Å²) in [6.45, 7) is 0.962. The zero-order valence-electron chi connectivity index (χ0n) is 12.1. The fourth-order valence-corrected chi connectivity index (χ4v) is 2.54. The highest BCUT2D eigenvalue weighted by Crippen LogP contribution is 2.26. The number of hydrogen-bond donors (Lipinski definition) is 2. The molecule has 0 radical (unpaired) electrons. The third kappa shape index (κ3) is 3.19. The Balaban J connectivity index is 1.58. The highest BCUT2D eigenvalue weighted by molar-refractivity contribution is 5.94. The van der Waals surface area contributed by atoms with Crippen molar-refractivity contribution in [3.05, 3.63) is 23.8 Å². The van der Waals surface area contributed by atoms with Crippen molar-refractivity contribution in [1.82, 2.24) is 10.2 Å². The van der Waals surface area contributed by atoms with Crippen LogP contribution in [0.25, 0.3) is 0 Å². The number of aryl methyl sites for hydroxylation is 1. The molecule has 1 aromatic carbocycles. The van der Waals surface area contributed by atoms with E-state index in [9.17, 15) is 14.4 Å². The lowest BCUT2D eigenvalue weighted by molar-refractivity contribution is -0.139. The van der Waals surface area contributed by atoms with Crippen LogP contribution >= 0.6 is 0 Å². The number of carbonyl (C=O) groups excluding carboxylic acids is 3. The number of anilines is 1. The van der Waals surface area contributed by atoms with Gasteiger partial charge in [0.05, 0.1) is 6.54 Å². The summed E-state index contributed by atoms with van der Waals surface area (Å²) in [7, 11) is 0. The Hall–Kier alpha value is -2.57. The number of rotatable bonds is 3. The van der Waals surface area contributed by atoms with E-state index in [2.05, 4.69) is 10.6 Å². The number of carbonyl (C=O) groups is 3. The predicted molar refractivity (Wildman–Crippen MR) is 78.5 cm³/mol. The van der Waals surface area contributed by atoms with Gasteiger partial charge in [-0.2, -0.15) is 0 Å². The summed E-state index contributed by atoms with van der Waals surface area (Å²) in [5, 5.41) is 5.46. The molecular formula is C15H17N3O4. The molecular weight excluding hydrogens is 286 g/mol. The Bertz CT molecular complexity index is 629. The third-order valence-electron chi connectivity index (χ3n) is 3.73. The quantitative estimate of drug-likeness (QED) is 0.817. The maximum absolute atomic E-state index is 12.0. The number of nitrogens with one attached hydrogen (secondary N) is 2. The van der Waals surface area contributed by atoms with Crippen LogP contribution in [0.1, 0.15) is 12.0 Å². The topological polar surface area (TPSA) is 87.7 Å². The van der Waals surface area contributed by atoms with Gasteiger partial charge in [-0.15, -0.1) is 0 Å². The molecule has 0 aromatic heterocycles. The van der Waals surface area contributed by atoms with Crippen molar-refractivity contribution < 1.29 is 19.1 Å². The molecule has 22 heavy (non-hydrogen) atoms. The molecule has 1 saturated heterocycles. The van der Waals surface area contributed by atoms with Crippen molar-refractivity contribution in [2.75, 3.05) is 31.6 Å². The average Bonchev–Trinajstić information content (AvgIpc) is 2.52. The standard InChI is InChI=1S/C15H17N3O4/c19-13-4-1-10-7-11(2-3-12(10)17-13)22-9-15(21)18-6-5-16-14(20)8-18/h2-3,7H,1,4-6,8-9H2,(H,16,20)(H,17,19). The van der Waals surface area contributed by atoms with Crippen LogP contribution in [0, 0.1) is 0 Å². The van der Waals surface area contributed by atoms with Crippen LogP contribution in [-0.2, 0) is 20.8 Å². The third-order valence-corrected chi connectivity index (χ3v) is 3.73. The summed E-state index contributed by atoms with van der Waals surface area (Å²) in [5.41, 5.74) is 1.80. The van der Waals surface area contributed by atoms with Crippen LogP contribution in [0.15, 0.2) is 18.2 Å². The molecule has 7 nitrogen and oxygen atoms in total. The second-order valence-electron chi connectivity index (χ2n) is 5.32. The molecule has 2 aliphatic heterocycles. The van der Waals surface area contributed by atoms with Gasteiger partial charge in [0, 0.05) is 25.2 Å². The molecule has 2 N–H and O–H groups in total. The van der Waals surface area contributed by atoms with Gasteiger partial charge in [-0.25, -0.2) is 0 Å². The SMILES string of the molecule is O=C1CN(C(=O)COc2ccc3c(c2)CCC(=O)N3)CCN1. The molecule has 7 heteroatoms. The molecule has 2 heterocycles. The molecule has 0 spiro atoms. The Labute approximate surface area is 127 Å². The molecule has 2 aliphatic rings. The molecule has 3 amide bonds. The lowest BCUT2D eigenvalue weighted by Gasteiger charge is -2.26. The van der Waals surface area contributed by atoms with Crippen molar-refractivity contribution in [2.45, 2.75) is 12.8 Å². The summed E-state index contributed by atoms with van der Waals surface area (Å²) in [5.74, 6) is 0.245. The van der Waals surface area contributed by atoms with E-state index in [1.54, 1.807) is 12.1 Å². The van der Waals surface area contributed by atoms with Crippen LogP contribution in [0.3, 0.4) is 0 Å². The first-order valence-electron chi connectivity index (χ1n) is 7.22. The number of benzene rings is 1. The van der Waals surface area contributed by atoms with Crippen molar-refractivity contribution in [3.63, 3.8) is 0 Å². The molecule has 1 fully saturated rings. The van der Waals surface area contributed by atoms with Gasteiger partial charge >= 0.3 is 0 Å². The number of nitrogens with zero attached hydrogens (tertiary/aromatic N) is 1. The second kappa shape index (κ2) is 6.05. The van der Waals surface area contributed by atoms with Crippen molar-refractivity contribution >= 4 is 23.4 Å².